The summed E-state index contributed by atoms with van der Waals surface area (Å²) in [5.41, 5.74) is 0.253. The molecule has 0 aromatic heterocycles. The Morgan fingerprint density at radius 2 is 2.14 bits per heavy atom. The maximum Gasteiger partial charge on any atom is 0.427 e. The van der Waals surface area contributed by atoms with E-state index < -0.39 is 17.8 Å². The molecule has 2 amide bonds. The molecule has 0 bridgehead atoms. The third-order valence-electron chi connectivity index (χ3n) is 2.78. The van der Waals surface area contributed by atoms with Crippen LogP contribution in [0.1, 0.15) is 13.8 Å². The molecule has 1 heterocycles. The van der Waals surface area contributed by atoms with Gasteiger partial charge in [0.15, 0.2) is 5.76 Å². The number of benzene rings is 1. The molecule has 1 aromatic rings. The van der Waals surface area contributed by atoms with Crippen molar-refractivity contribution in [1.82, 2.24) is 0 Å². The Bertz CT molecular complexity index is 732. The predicted molar refractivity (Wildman–Crippen MR) is 80.8 cm³/mol. The van der Waals surface area contributed by atoms with Gasteiger partial charge in [-0.05, 0) is 41.4 Å². The number of cyclic esters (lactones) is 1. The molecule has 0 unspecified atom stereocenters. The van der Waals surface area contributed by atoms with Crippen LogP contribution in [0.25, 0.3) is 0 Å². The number of terminal acetylenes is 1. The number of hydrogen-bond donors (Lipinski definition) is 0. The monoisotopic (exact) mass is 367 g/mol. The zero-order valence-corrected chi connectivity index (χ0v) is 13.4. The van der Waals surface area contributed by atoms with Crippen molar-refractivity contribution in [3.8, 4) is 18.1 Å². The number of ether oxygens (including phenoxy) is 2. The lowest BCUT2D eigenvalue weighted by Crippen LogP contribution is -2.29. The zero-order chi connectivity index (χ0) is 16.4. The molecule has 22 heavy (non-hydrogen) atoms. The first-order valence-electron chi connectivity index (χ1n) is 6.16. The van der Waals surface area contributed by atoms with Crippen LogP contribution in [0.3, 0.4) is 0 Å². The highest BCUT2D eigenvalue weighted by Crippen LogP contribution is 2.35. The van der Waals surface area contributed by atoms with Gasteiger partial charge in [-0.15, -0.1) is 6.42 Å². The minimum absolute atomic E-state index is 0.0404. The molecule has 1 aliphatic rings. The molecule has 0 atom stereocenters. The summed E-state index contributed by atoms with van der Waals surface area (Å²) in [5, 5.41) is 0. The molecule has 7 heteroatoms. The van der Waals surface area contributed by atoms with Gasteiger partial charge in [0.05, 0.1) is 10.2 Å². The highest BCUT2D eigenvalue weighted by molar-refractivity contribution is 9.10. The summed E-state index contributed by atoms with van der Waals surface area (Å²) in [6, 6.07) is 2.30. The van der Waals surface area contributed by atoms with Crippen molar-refractivity contribution in [2.75, 3.05) is 11.5 Å². The molecule has 0 aliphatic carbocycles. The predicted octanol–water partition coefficient (Wildman–Crippen LogP) is 3.38. The summed E-state index contributed by atoms with van der Waals surface area (Å²) in [4.78, 5) is 24.7. The van der Waals surface area contributed by atoms with Gasteiger partial charge >= 0.3 is 12.0 Å². The summed E-state index contributed by atoms with van der Waals surface area (Å²) in [6.45, 7) is 3.19. The quantitative estimate of drug-likeness (QED) is 0.606. The van der Waals surface area contributed by atoms with Crippen molar-refractivity contribution < 1.29 is 23.5 Å². The number of allylic oxidation sites excluding steroid dienone is 1. The second-order valence-electron chi connectivity index (χ2n) is 4.56. The number of rotatable bonds is 3. The summed E-state index contributed by atoms with van der Waals surface area (Å²) in [5.74, 6) is 0.861. The fourth-order valence-corrected chi connectivity index (χ4v) is 2.23. The lowest BCUT2D eigenvalue weighted by Gasteiger charge is -2.14. The van der Waals surface area contributed by atoms with Gasteiger partial charge < -0.3 is 9.47 Å². The maximum absolute atomic E-state index is 14.1. The molecule has 0 N–H and O–H groups in total. The smallest absolute Gasteiger partial charge is 0.427 e. The summed E-state index contributed by atoms with van der Waals surface area (Å²) in [7, 11) is 0. The van der Waals surface area contributed by atoms with Gasteiger partial charge in [0, 0.05) is 6.07 Å². The average Bonchev–Trinajstić information content (AvgIpc) is 2.74. The van der Waals surface area contributed by atoms with Crippen LogP contribution in [0.4, 0.5) is 14.9 Å². The largest absolute Gasteiger partial charge is 0.480 e. The minimum atomic E-state index is -0.967. The van der Waals surface area contributed by atoms with Crippen molar-refractivity contribution in [3.63, 3.8) is 0 Å². The number of hydrogen-bond acceptors (Lipinski definition) is 4. The van der Waals surface area contributed by atoms with Gasteiger partial charge in [0.1, 0.15) is 18.2 Å². The Balaban J connectivity index is 2.49. The molecule has 114 valence electrons. The van der Waals surface area contributed by atoms with E-state index in [0.29, 0.717) is 14.9 Å². The van der Waals surface area contributed by atoms with E-state index in [1.165, 1.54) is 6.07 Å². The lowest BCUT2D eigenvalue weighted by molar-refractivity contribution is -0.114. The van der Waals surface area contributed by atoms with Gasteiger partial charge in [-0.3, -0.25) is 4.79 Å². The van der Waals surface area contributed by atoms with Crippen LogP contribution in [0.15, 0.2) is 27.9 Å². The van der Waals surface area contributed by atoms with E-state index in [4.69, 9.17) is 15.9 Å². The first-order valence-corrected chi connectivity index (χ1v) is 6.95. The van der Waals surface area contributed by atoms with E-state index in [2.05, 4.69) is 21.9 Å². The van der Waals surface area contributed by atoms with E-state index >= 15 is 0 Å². The van der Waals surface area contributed by atoms with E-state index in [1.807, 2.05) is 0 Å². The SMILES string of the molecule is C#CCOc1cc(N2C(=O)OC(=C(C)C)C2=O)c(F)cc1Br. The van der Waals surface area contributed by atoms with Crippen molar-refractivity contribution in [1.29, 1.82) is 0 Å². The molecular formula is C15H11BrFNO4. The van der Waals surface area contributed by atoms with Crippen molar-refractivity contribution in [2.45, 2.75) is 13.8 Å². The topological polar surface area (TPSA) is 55.8 Å². The van der Waals surface area contributed by atoms with E-state index in [1.54, 1.807) is 13.8 Å². The Kier molecular flexibility index (Phi) is 4.52. The van der Waals surface area contributed by atoms with Crippen molar-refractivity contribution >= 4 is 33.6 Å². The molecule has 0 spiro atoms. The molecule has 1 aromatic carbocycles. The summed E-state index contributed by atoms with van der Waals surface area (Å²) >= 11 is 3.12. The Hall–Kier alpha value is -2.33. The molecule has 5 nitrogen and oxygen atoms in total. The van der Waals surface area contributed by atoms with Crippen LogP contribution in [-0.4, -0.2) is 18.6 Å². The van der Waals surface area contributed by atoms with Crippen molar-refractivity contribution in [2.24, 2.45) is 0 Å². The third-order valence-corrected chi connectivity index (χ3v) is 3.40. The molecule has 1 aliphatic heterocycles. The van der Waals surface area contributed by atoms with Crippen molar-refractivity contribution in [3.05, 3.63) is 33.8 Å². The standard InChI is InChI=1S/C15H11BrFNO4/c1-4-5-21-12-7-11(10(17)6-9(12)16)18-14(19)13(8(2)3)22-15(18)20/h1,6-7H,5H2,2-3H3. The molecular weight excluding hydrogens is 357 g/mol. The van der Waals surface area contributed by atoms with Gasteiger partial charge in [-0.1, -0.05) is 5.92 Å². The molecule has 1 fully saturated rings. The fraction of sp³-hybridized carbons (Fsp3) is 0.200. The molecule has 1 saturated heterocycles. The van der Waals surface area contributed by atoms with E-state index in [9.17, 15) is 14.0 Å². The first kappa shape index (κ1) is 16.0. The highest BCUT2D eigenvalue weighted by Gasteiger charge is 2.40. The van der Waals surface area contributed by atoms with Crippen LogP contribution in [0.2, 0.25) is 0 Å². The molecule has 0 saturated carbocycles. The van der Waals surface area contributed by atoms with E-state index in [-0.39, 0.29) is 23.8 Å². The Morgan fingerprint density at radius 3 is 2.68 bits per heavy atom. The first-order chi connectivity index (χ1) is 10.4. The fourth-order valence-electron chi connectivity index (χ4n) is 1.80. The van der Waals surface area contributed by atoms with Gasteiger partial charge in [0.2, 0.25) is 0 Å². The summed E-state index contributed by atoms with van der Waals surface area (Å²) < 4.78 is 24.6. The van der Waals surface area contributed by atoms with Crippen LogP contribution in [-0.2, 0) is 9.53 Å². The van der Waals surface area contributed by atoms with E-state index in [0.717, 1.165) is 6.07 Å². The highest BCUT2D eigenvalue weighted by atomic mass is 79.9. The number of halogens is 2. The van der Waals surface area contributed by atoms with Crippen LogP contribution in [0, 0.1) is 18.2 Å². The minimum Gasteiger partial charge on any atom is -0.480 e. The number of anilines is 1. The number of carbonyl (C=O) groups excluding carboxylic acids is 2. The number of carbonyl (C=O) groups is 2. The normalized spacial score (nSPS) is 14.0. The van der Waals surface area contributed by atoms with Crippen LogP contribution >= 0.6 is 15.9 Å². The average molecular weight is 368 g/mol. The van der Waals surface area contributed by atoms with Crippen LogP contribution < -0.4 is 9.64 Å². The van der Waals surface area contributed by atoms with Gasteiger partial charge in [0.25, 0.3) is 0 Å². The number of imide groups is 1. The second-order valence-corrected chi connectivity index (χ2v) is 5.42. The third kappa shape index (κ3) is 2.83. The van der Waals surface area contributed by atoms with Crippen LogP contribution in [0.5, 0.6) is 5.75 Å². The number of nitrogens with zero attached hydrogens (tertiary/aromatic N) is 1. The molecule has 0 radical (unpaired) electrons. The van der Waals surface area contributed by atoms with Gasteiger partial charge in [-0.25, -0.2) is 14.1 Å². The zero-order valence-electron chi connectivity index (χ0n) is 11.8. The molecule has 2 rings (SSSR count). The second kappa shape index (κ2) is 6.20. The maximum atomic E-state index is 14.1. The number of amides is 2. The Morgan fingerprint density at radius 1 is 1.45 bits per heavy atom. The summed E-state index contributed by atoms with van der Waals surface area (Å²) in [6.07, 6.45) is 4.14. The van der Waals surface area contributed by atoms with Gasteiger partial charge in [-0.2, -0.15) is 0 Å². The Labute approximate surface area is 134 Å². The lowest BCUT2D eigenvalue weighted by atomic mass is 10.2.